The van der Waals surface area contributed by atoms with Gasteiger partial charge in [-0.05, 0) is 26.4 Å². The zero-order chi connectivity index (χ0) is 9.80. The number of thiazole rings is 1. The summed E-state index contributed by atoms with van der Waals surface area (Å²) >= 11 is 1.73. The highest BCUT2D eigenvalue weighted by atomic mass is 32.1. The van der Waals surface area contributed by atoms with Gasteiger partial charge in [0.05, 0.1) is 5.51 Å². The first kappa shape index (κ1) is 10.1. The molecule has 0 spiro atoms. The van der Waals surface area contributed by atoms with Crippen LogP contribution in [0, 0.1) is 0 Å². The summed E-state index contributed by atoms with van der Waals surface area (Å²) < 4.78 is 0. The molecule has 1 fully saturated rings. The Morgan fingerprint density at radius 3 is 3.36 bits per heavy atom. The fourth-order valence-electron chi connectivity index (χ4n) is 1.91. The Labute approximate surface area is 89.1 Å². The number of hydrogen-bond donors (Lipinski definition) is 1. The van der Waals surface area contributed by atoms with Crippen LogP contribution in [-0.4, -0.2) is 36.1 Å². The standard InChI is InChI=1S/C10H17N3S/c1-13-4-2-3-9(7-13)12-6-10-5-11-8-14-10/h5,8-9,12H,2-4,6-7H2,1H3. The second-order valence-corrected chi connectivity index (χ2v) is 4.92. The number of piperidine rings is 1. The van der Waals surface area contributed by atoms with Crippen molar-refractivity contribution in [2.75, 3.05) is 20.1 Å². The van der Waals surface area contributed by atoms with Crippen LogP contribution < -0.4 is 5.32 Å². The molecule has 0 aromatic carbocycles. The van der Waals surface area contributed by atoms with Gasteiger partial charge in [0.1, 0.15) is 0 Å². The molecule has 0 radical (unpaired) electrons. The maximum atomic E-state index is 4.07. The molecule has 1 aromatic heterocycles. The SMILES string of the molecule is CN1CCCC(NCc2cncs2)C1. The molecule has 1 N–H and O–H groups in total. The molecular weight excluding hydrogens is 194 g/mol. The molecule has 0 aliphatic carbocycles. The van der Waals surface area contributed by atoms with E-state index in [1.54, 1.807) is 11.3 Å². The maximum Gasteiger partial charge on any atom is 0.0794 e. The van der Waals surface area contributed by atoms with Gasteiger partial charge in [-0.25, -0.2) is 0 Å². The van der Waals surface area contributed by atoms with Gasteiger partial charge in [-0.2, -0.15) is 0 Å². The van der Waals surface area contributed by atoms with E-state index in [9.17, 15) is 0 Å². The zero-order valence-corrected chi connectivity index (χ0v) is 9.39. The summed E-state index contributed by atoms with van der Waals surface area (Å²) in [6.45, 7) is 3.40. The lowest BCUT2D eigenvalue weighted by Crippen LogP contribution is -2.43. The van der Waals surface area contributed by atoms with Crippen molar-refractivity contribution in [1.82, 2.24) is 15.2 Å². The van der Waals surface area contributed by atoms with E-state index in [0.29, 0.717) is 6.04 Å². The summed E-state index contributed by atoms with van der Waals surface area (Å²) in [5.74, 6) is 0. The smallest absolute Gasteiger partial charge is 0.0794 e. The van der Waals surface area contributed by atoms with E-state index in [2.05, 4.69) is 22.2 Å². The van der Waals surface area contributed by atoms with Gasteiger partial charge in [0.2, 0.25) is 0 Å². The molecule has 0 saturated carbocycles. The van der Waals surface area contributed by atoms with Crippen molar-refractivity contribution in [3.05, 3.63) is 16.6 Å². The monoisotopic (exact) mass is 211 g/mol. The van der Waals surface area contributed by atoms with Crippen LogP contribution in [0.15, 0.2) is 11.7 Å². The molecule has 1 saturated heterocycles. The molecule has 3 nitrogen and oxygen atoms in total. The number of nitrogens with one attached hydrogen (secondary N) is 1. The number of nitrogens with zero attached hydrogens (tertiary/aromatic N) is 2. The Bertz CT molecular complexity index is 260. The molecule has 1 atom stereocenters. The van der Waals surface area contributed by atoms with Crippen molar-refractivity contribution >= 4 is 11.3 Å². The second-order valence-electron chi connectivity index (χ2n) is 3.95. The van der Waals surface area contributed by atoms with Gasteiger partial charge < -0.3 is 10.2 Å². The topological polar surface area (TPSA) is 28.2 Å². The van der Waals surface area contributed by atoms with E-state index in [-0.39, 0.29) is 0 Å². The van der Waals surface area contributed by atoms with E-state index in [0.717, 1.165) is 6.54 Å². The number of hydrogen-bond acceptors (Lipinski definition) is 4. The fourth-order valence-corrected chi connectivity index (χ4v) is 2.45. The van der Waals surface area contributed by atoms with Gasteiger partial charge in [-0.1, -0.05) is 0 Å². The van der Waals surface area contributed by atoms with E-state index in [4.69, 9.17) is 0 Å². The summed E-state index contributed by atoms with van der Waals surface area (Å²) in [6, 6.07) is 0.663. The lowest BCUT2D eigenvalue weighted by Gasteiger charge is -2.30. The third-order valence-corrected chi connectivity index (χ3v) is 3.45. The molecule has 0 amide bonds. The Balaban J connectivity index is 1.75. The molecule has 1 aliphatic heterocycles. The van der Waals surface area contributed by atoms with Crippen LogP contribution in [0.25, 0.3) is 0 Å². The number of rotatable bonds is 3. The molecule has 14 heavy (non-hydrogen) atoms. The van der Waals surface area contributed by atoms with Gasteiger partial charge in [-0.3, -0.25) is 4.98 Å². The van der Waals surface area contributed by atoms with Gasteiger partial charge in [0.25, 0.3) is 0 Å². The average Bonchev–Trinajstić information content (AvgIpc) is 2.67. The lowest BCUT2D eigenvalue weighted by molar-refractivity contribution is 0.227. The first-order valence-corrected chi connectivity index (χ1v) is 6.02. The minimum absolute atomic E-state index is 0.663. The zero-order valence-electron chi connectivity index (χ0n) is 8.57. The molecular formula is C10H17N3S. The second kappa shape index (κ2) is 4.87. The van der Waals surface area contributed by atoms with E-state index >= 15 is 0 Å². The normalized spacial score (nSPS) is 23.9. The van der Waals surface area contributed by atoms with E-state index < -0.39 is 0 Å². The predicted molar refractivity (Wildman–Crippen MR) is 59.5 cm³/mol. The van der Waals surface area contributed by atoms with Crippen molar-refractivity contribution in [2.24, 2.45) is 0 Å². The first-order chi connectivity index (χ1) is 6.84. The molecule has 2 rings (SSSR count). The van der Waals surface area contributed by atoms with E-state index in [1.807, 2.05) is 11.7 Å². The molecule has 1 aromatic rings. The van der Waals surface area contributed by atoms with Crippen molar-refractivity contribution in [2.45, 2.75) is 25.4 Å². The number of likely N-dealkylation sites (tertiary alicyclic amines) is 1. The summed E-state index contributed by atoms with van der Waals surface area (Å²) in [4.78, 5) is 7.80. The Kier molecular flexibility index (Phi) is 3.50. The third kappa shape index (κ3) is 2.77. The Morgan fingerprint density at radius 1 is 1.71 bits per heavy atom. The summed E-state index contributed by atoms with van der Waals surface area (Å²) in [7, 11) is 2.19. The Morgan fingerprint density at radius 2 is 2.64 bits per heavy atom. The molecule has 78 valence electrons. The summed E-state index contributed by atoms with van der Waals surface area (Å²) in [5.41, 5.74) is 1.89. The summed E-state index contributed by atoms with van der Waals surface area (Å²) in [6.07, 6.45) is 4.57. The highest BCUT2D eigenvalue weighted by Crippen LogP contribution is 2.10. The predicted octanol–water partition coefficient (Wildman–Crippen LogP) is 1.33. The quantitative estimate of drug-likeness (QED) is 0.817. The lowest BCUT2D eigenvalue weighted by atomic mass is 10.1. The molecule has 1 aliphatic rings. The minimum Gasteiger partial charge on any atom is -0.308 e. The molecule has 0 bridgehead atoms. The van der Waals surface area contributed by atoms with Crippen LogP contribution in [0.4, 0.5) is 0 Å². The molecule has 2 heterocycles. The highest BCUT2D eigenvalue weighted by molar-refractivity contribution is 7.09. The first-order valence-electron chi connectivity index (χ1n) is 5.14. The van der Waals surface area contributed by atoms with E-state index in [1.165, 1.54) is 30.8 Å². The third-order valence-electron chi connectivity index (χ3n) is 2.67. The van der Waals surface area contributed by atoms with Crippen LogP contribution >= 0.6 is 11.3 Å². The average molecular weight is 211 g/mol. The Hall–Kier alpha value is -0.450. The minimum atomic E-state index is 0.663. The molecule has 1 unspecified atom stereocenters. The highest BCUT2D eigenvalue weighted by Gasteiger charge is 2.16. The maximum absolute atomic E-state index is 4.07. The van der Waals surface area contributed by atoms with Gasteiger partial charge >= 0.3 is 0 Å². The van der Waals surface area contributed by atoms with Crippen LogP contribution in [0.2, 0.25) is 0 Å². The number of likely N-dealkylation sites (N-methyl/N-ethyl adjacent to an activating group) is 1. The van der Waals surface area contributed by atoms with Gasteiger partial charge in [0, 0.05) is 30.2 Å². The van der Waals surface area contributed by atoms with Crippen LogP contribution in [0.5, 0.6) is 0 Å². The molecule has 4 heteroatoms. The van der Waals surface area contributed by atoms with Crippen molar-refractivity contribution < 1.29 is 0 Å². The van der Waals surface area contributed by atoms with Crippen molar-refractivity contribution in [1.29, 1.82) is 0 Å². The fraction of sp³-hybridized carbons (Fsp3) is 0.700. The largest absolute Gasteiger partial charge is 0.308 e. The van der Waals surface area contributed by atoms with Crippen molar-refractivity contribution in [3.8, 4) is 0 Å². The number of aromatic nitrogens is 1. The van der Waals surface area contributed by atoms with Gasteiger partial charge in [-0.15, -0.1) is 11.3 Å². The summed E-state index contributed by atoms with van der Waals surface area (Å²) in [5, 5.41) is 3.58. The van der Waals surface area contributed by atoms with Crippen LogP contribution in [0.3, 0.4) is 0 Å². The van der Waals surface area contributed by atoms with Crippen molar-refractivity contribution in [3.63, 3.8) is 0 Å². The van der Waals surface area contributed by atoms with Crippen LogP contribution in [-0.2, 0) is 6.54 Å². The van der Waals surface area contributed by atoms with Gasteiger partial charge in [0.15, 0.2) is 0 Å². The van der Waals surface area contributed by atoms with Crippen LogP contribution in [0.1, 0.15) is 17.7 Å².